The zero-order valence-electron chi connectivity index (χ0n) is 11.9. The fraction of sp³-hybridized carbons (Fsp3) is 0.571. The molecule has 2 rings (SSSR count). The molecule has 1 aliphatic rings. The SMILES string of the molecule is CN(C)C1(CNC(=O)c2cc(Br)cnc2N)CCCC1. The maximum Gasteiger partial charge on any atom is 0.255 e. The Bertz CT molecular complexity index is 498. The van der Waals surface area contributed by atoms with E-state index in [0.29, 0.717) is 12.1 Å². The largest absolute Gasteiger partial charge is 0.383 e. The molecular weight excluding hydrogens is 320 g/mol. The Balaban J connectivity index is 2.06. The summed E-state index contributed by atoms with van der Waals surface area (Å²) in [6.07, 6.45) is 6.26. The summed E-state index contributed by atoms with van der Waals surface area (Å²) in [7, 11) is 4.15. The number of pyridine rings is 1. The number of nitrogens with two attached hydrogens (primary N) is 1. The lowest BCUT2D eigenvalue weighted by molar-refractivity contribution is 0.0900. The Morgan fingerprint density at radius 2 is 2.15 bits per heavy atom. The van der Waals surface area contributed by atoms with Crippen LogP contribution in [-0.4, -0.2) is 42.0 Å². The van der Waals surface area contributed by atoms with Gasteiger partial charge >= 0.3 is 0 Å². The molecule has 5 nitrogen and oxygen atoms in total. The number of rotatable bonds is 4. The highest BCUT2D eigenvalue weighted by molar-refractivity contribution is 9.10. The first-order valence-corrected chi connectivity index (χ1v) is 7.60. The monoisotopic (exact) mass is 340 g/mol. The van der Waals surface area contributed by atoms with Crippen molar-refractivity contribution in [2.75, 3.05) is 26.4 Å². The standard InChI is InChI=1S/C14H21BrN4O/c1-19(2)14(5-3-4-6-14)9-18-13(20)11-7-10(15)8-17-12(11)16/h7-8H,3-6,9H2,1-2H3,(H2,16,17)(H,18,20). The molecule has 20 heavy (non-hydrogen) atoms. The molecule has 1 fully saturated rings. The number of anilines is 1. The van der Waals surface area contributed by atoms with Crippen LogP contribution in [0, 0.1) is 0 Å². The molecule has 0 saturated heterocycles. The molecule has 0 bridgehead atoms. The second-order valence-corrected chi connectivity index (χ2v) is 6.51. The minimum absolute atomic E-state index is 0.0733. The van der Waals surface area contributed by atoms with Crippen molar-refractivity contribution in [3.8, 4) is 0 Å². The molecule has 1 aromatic rings. The van der Waals surface area contributed by atoms with Crippen molar-refractivity contribution in [1.82, 2.24) is 15.2 Å². The Kier molecular flexibility index (Phi) is 4.65. The molecule has 1 heterocycles. The molecular formula is C14H21BrN4O. The van der Waals surface area contributed by atoms with Gasteiger partial charge in [-0.15, -0.1) is 0 Å². The van der Waals surface area contributed by atoms with Crippen molar-refractivity contribution in [2.24, 2.45) is 0 Å². The molecule has 3 N–H and O–H groups in total. The average molecular weight is 341 g/mol. The van der Waals surface area contributed by atoms with E-state index >= 15 is 0 Å². The van der Waals surface area contributed by atoms with Gasteiger partial charge in [-0.05, 0) is 48.9 Å². The summed E-state index contributed by atoms with van der Waals surface area (Å²) in [5, 5.41) is 3.01. The first kappa shape index (κ1) is 15.3. The highest BCUT2D eigenvalue weighted by Crippen LogP contribution is 2.33. The fourth-order valence-electron chi connectivity index (χ4n) is 2.79. The van der Waals surface area contributed by atoms with Gasteiger partial charge < -0.3 is 16.0 Å². The van der Waals surface area contributed by atoms with Crippen molar-refractivity contribution in [3.63, 3.8) is 0 Å². The van der Waals surface area contributed by atoms with E-state index < -0.39 is 0 Å². The molecule has 0 atom stereocenters. The third-order valence-electron chi connectivity index (χ3n) is 4.19. The number of hydrogen-bond donors (Lipinski definition) is 2. The summed E-state index contributed by atoms with van der Waals surface area (Å²) >= 11 is 3.31. The van der Waals surface area contributed by atoms with Crippen molar-refractivity contribution in [2.45, 2.75) is 31.2 Å². The van der Waals surface area contributed by atoms with Gasteiger partial charge in [-0.3, -0.25) is 4.79 Å². The highest BCUT2D eigenvalue weighted by Gasteiger charge is 2.36. The Morgan fingerprint density at radius 1 is 1.50 bits per heavy atom. The number of hydrogen-bond acceptors (Lipinski definition) is 4. The molecule has 0 spiro atoms. The zero-order chi connectivity index (χ0) is 14.8. The number of carbonyl (C=O) groups is 1. The van der Waals surface area contributed by atoms with Crippen LogP contribution in [0.15, 0.2) is 16.7 Å². The van der Waals surface area contributed by atoms with E-state index in [1.54, 1.807) is 12.3 Å². The predicted molar refractivity (Wildman–Crippen MR) is 83.6 cm³/mol. The third-order valence-corrected chi connectivity index (χ3v) is 4.62. The summed E-state index contributed by atoms with van der Waals surface area (Å²) in [6, 6.07) is 1.70. The minimum atomic E-state index is -0.163. The van der Waals surface area contributed by atoms with Gasteiger partial charge in [0.25, 0.3) is 5.91 Å². The van der Waals surface area contributed by atoms with E-state index in [9.17, 15) is 4.79 Å². The smallest absolute Gasteiger partial charge is 0.255 e. The van der Waals surface area contributed by atoms with Crippen molar-refractivity contribution >= 4 is 27.7 Å². The Labute approximate surface area is 128 Å². The molecule has 0 unspecified atom stereocenters. The number of likely N-dealkylation sites (N-methyl/N-ethyl adjacent to an activating group) is 1. The number of nitrogens with one attached hydrogen (secondary N) is 1. The predicted octanol–water partition coefficient (Wildman–Crippen LogP) is 2.03. The highest BCUT2D eigenvalue weighted by atomic mass is 79.9. The van der Waals surface area contributed by atoms with Crippen molar-refractivity contribution < 1.29 is 4.79 Å². The molecule has 0 aromatic carbocycles. The zero-order valence-corrected chi connectivity index (χ0v) is 13.5. The quantitative estimate of drug-likeness (QED) is 0.879. The Hall–Kier alpha value is -1.14. The lowest BCUT2D eigenvalue weighted by Gasteiger charge is -2.36. The lowest BCUT2D eigenvalue weighted by atomic mass is 9.96. The van der Waals surface area contributed by atoms with E-state index in [4.69, 9.17) is 5.73 Å². The number of carbonyl (C=O) groups excluding carboxylic acids is 1. The summed E-state index contributed by atoms with van der Waals surface area (Å²) < 4.78 is 0.750. The van der Waals surface area contributed by atoms with E-state index in [1.807, 2.05) is 0 Å². The Morgan fingerprint density at radius 3 is 2.75 bits per heavy atom. The van der Waals surface area contributed by atoms with Crippen LogP contribution >= 0.6 is 15.9 Å². The van der Waals surface area contributed by atoms with Crippen LogP contribution in [0.1, 0.15) is 36.0 Å². The van der Waals surface area contributed by atoms with E-state index in [0.717, 1.165) is 17.3 Å². The van der Waals surface area contributed by atoms with Gasteiger partial charge in [0.05, 0.1) is 5.56 Å². The molecule has 0 radical (unpaired) electrons. The molecule has 6 heteroatoms. The van der Waals surface area contributed by atoms with Gasteiger partial charge in [0.2, 0.25) is 0 Å². The van der Waals surface area contributed by atoms with Crippen molar-refractivity contribution in [3.05, 3.63) is 22.3 Å². The molecule has 110 valence electrons. The van der Waals surface area contributed by atoms with Crippen LogP contribution in [0.4, 0.5) is 5.82 Å². The second kappa shape index (κ2) is 6.10. The minimum Gasteiger partial charge on any atom is -0.383 e. The molecule has 1 saturated carbocycles. The number of nitrogen functional groups attached to an aromatic ring is 1. The third kappa shape index (κ3) is 3.12. The number of amides is 1. The molecule has 1 aliphatic carbocycles. The van der Waals surface area contributed by atoms with Gasteiger partial charge in [0.1, 0.15) is 5.82 Å². The van der Waals surface area contributed by atoms with Crippen molar-refractivity contribution in [1.29, 1.82) is 0 Å². The van der Waals surface area contributed by atoms with Crippen LogP contribution in [0.3, 0.4) is 0 Å². The van der Waals surface area contributed by atoms with Crippen LogP contribution in [0.2, 0.25) is 0 Å². The van der Waals surface area contributed by atoms with E-state index in [2.05, 4.69) is 45.2 Å². The topological polar surface area (TPSA) is 71.2 Å². The average Bonchev–Trinajstić information content (AvgIpc) is 2.89. The normalized spacial score (nSPS) is 17.4. The fourth-order valence-corrected chi connectivity index (χ4v) is 3.12. The number of halogens is 1. The first-order chi connectivity index (χ1) is 9.44. The summed E-state index contributed by atoms with van der Waals surface area (Å²) in [5.41, 5.74) is 6.26. The molecule has 1 aromatic heterocycles. The molecule has 1 amide bonds. The lowest BCUT2D eigenvalue weighted by Crippen LogP contribution is -2.50. The van der Waals surface area contributed by atoms with E-state index in [-0.39, 0.29) is 17.3 Å². The van der Waals surface area contributed by atoms with Crippen LogP contribution in [0.5, 0.6) is 0 Å². The van der Waals surface area contributed by atoms with Gasteiger partial charge in [-0.1, -0.05) is 12.8 Å². The maximum atomic E-state index is 12.3. The summed E-state index contributed by atoms with van der Waals surface area (Å²) in [6.45, 7) is 0.644. The van der Waals surface area contributed by atoms with Crippen LogP contribution in [0.25, 0.3) is 0 Å². The summed E-state index contributed by atoms with van der Waals surface area (Å²) in [5.74, 6) is 0.0976. The van der Waals surface area contributed by atoms with Gasteiger partial charge in [-0.2, -0.15) is 0 Å². The summed E-state index contributed by atoms with van der Waals surface area (Å²) in [4.78, 5) is 18.5. The maximum absolute atomic E-state index is 12.3. The van der Waals surface area contributed by atoms with Crippen LogP contribution in [-0.2, 0) is 0 Å². The van der Waals surface area contributed by atoms with Gasteiger partial charge in [0.15, 0.2) is 0 Å². The number of nitrogens with zero attached hydrogens (tertiary/aromatic N) is 2. The number of aromatic nitrogens is 1. The first-order valence-electron chi connectivity index (χ1n) is 6.81. The van der Waals surface area contributed by atoms with E-state index in [1.165, 1.54) is 12.8 Å². The second-order valence-electron chi connectivity index (χ2n) is 5.59. The molecule has 0 aliphatic heterocycles. The van der Waals surface area contributed by atoms with Crippen LogP contribution < -0.4 is 11.1 Å². The van der Waals surface area contributed by atoms with Gasteiger partial charge in [0, 0.05) is 22.8 Å². The van der Waals surface area contributed by atoms with Gasteiger partial charge in [-0.25, -0.2) is 4.98 Å².